The van der Waals surface area contributed by atoms with E-state index in [1.807, 2.05) is 66.7 Å². The van der Waals surface area contributed by atoms with E-state index < -0.39 is 7.26 Å². The number of rotatable bonds is 8. The zero-order chi connectivity index (χ0) is 27.2. The lowest BCUT2D eigenvalue weighted by Crippen LogP contribution is -2.38. The first-order valence-corrected chi connectivity index (χ1v) is 15.1. The van der Waals surface area contributed by atoms with Gasteiger partial charge in [0.2, 0.25) is 0 Å². The molecule has 0 atom stereocenters. The van der Waals surface area contributed by atoms with E-state index >= 15 is 0 Å². The summed E-state index contributed by atoms with van der Waals surface area (Å²) in [7, 11) is -2.15. The van der Waals surface area contributed by atoms with E-state index in [4.69, 9.17) is 4.74 Å². The summed E-state index contributed by atoms with van der Waals surface area (Å²) in [6, 6.07) is 57.6. The lowest BCUT2D eigenvalue weighted by atomic mass is 10.0. The van der Waals surface area contributed by atoms with Gasteiger partial charge >= 0.3 is 0 Å². The van der Waals surface area contributed by atoms with Crippen LogP contribution in [0.25, 0.3) is 0 Å². The van der Waals surface area contributed by atoms with Crippen LogP contribution in [0.5, 0.6) is 11.5 Å². The first-order chi connectivity index (χ1) is 19.7. The third-order valence-electron chi connectivity index (χ3n) is 7.04. The number of hydrogen-bond donors (Lipinski definition) is 0. The Morgan fingerprint density at radius 2 is 0.700 bits per heavy atom. The van der Waals surface area contributed by atoms with Gasteiger partial charge in [-0.2, -0.15) is 0 Å². The maximum Gasteiger partial charge on any atom is 0.193 e. The number of benzene rings is 6. The fourth-order valence-electron chi connectivity index (χ4n) is 5.15. The Hall–Kier alpha value is -4.78. The number of carbonyl (C=O) groups excluding carboxylic acids is 1. The minimum Gasteiger partial charge on any atom is -0.457 e. The van der Waals surface area contributed by atoms with Gasteiger partial charge in [0.25, 0.3) is 0 Å². The van der Waals surface area contributed by atoms with Gasteiger partial charge in [-0.05, 0) is 84.9 Å². The SMILES string of the molecule is O=C(c1ccccc1)c1ccc(Oc2ccc([P+](c3ccccc3)(c3ccccc3)c3ccccc3)cc2)cc1. The van der Waals surface area contributed by atoms with E-state index in [2.05, 4.69) is 103 Å². The summed E-state index contributed by atoms with van der Waals surface area (Å²) >= 11 is 0. The van der Waals surface area contributed by atoms with Gasteiger partial charge in [-0.15, -0.1) is 0 Å². The molecule has 0 radical (unpaired) electrons. The summed E-state index contributed by atoms with van der Waals surface area (Å²) < 4.78 is 6.20. The molecule has 0 unspecified atom stereocenters. The van der Waals surface area contributed by atoms with Crippen molar-refractivity contribution in [3.05, 3.63) is 181 Å². The quantitative estimate of drug-likeness (QED) is 0.151. The second kappa shape index (κ2) is 11.5. The molecular formula is C37H28O2P+. The van der Waals surface area contributed by atoms with Crippen molar-refractivity contribution in [2.75, 3.05) is 0 Å². The average Bonchev–Trinajstić information content (AvgIpc) is 3.04. The zero-order valence-corrected chi connectivity index (χ0v) is 22.8. The molecule has 6 rings (SSSR count). The number of ketones is 1. The van der Waals surface area contributed by atoms with Gasteiger partial charge < -0.3 is 4.74 Å². The van der Waals surface area contributed by atoms with Crippen LogP contribution >= 0.6 is 7.26 Å². The topological polar surface area (TPSA) is 26.3 Å². The summed E-state index contributed by atoms with van der Waals surface area (Å²) in [6.45, 7) is 0. The van der Waals surface area contributed by atoms with Crippen LogP contribution in [-0.4, -0.2) is 5.78 Å². The predicted molar refractivity (Wildman–Crippen MR) is 168 cm³/mol. The molecule has 3 heteroatoms. The van der Waals surface area contributed by atoms with Crippen LogP contribution in [0.4, 0.5) is 0 Å². The van der Waals surface area contributed by atoms with Gasteiger partial charge in [0, 0.05) is 11.1 Å². The first kappa shape index (κ1) is 25.5. The van der Waals surface area contributed by atoms with Crippen LogP contribution < -0.4 is 26.0 Å². The molecule has 0 fully saturated rings. The molecule has 0 aliphatic carbocycles. The summed E-state index contributed by atoms with van der Waals surface area (Å²) in [4.78, 5) is 12.8. The molecule has 0 saturated heterocycles. The van der Waals surface area contributed by atoms with Crippen molar-refractivity contribution in [2.24, 2.45) is 0 Å². The predicted octanol–water partition coefficient (Wildman–Crippen LogP) is 7.33. The van der Waals surface area contributed by atoms with Crippen molar-refractivity contribution in [2.45, 2.75) is 0 Å². The highest BCUT2D eigenvalue weighted by Gasteiger charge is 2.47. The Kier molecular flexibility index (Phi) is 7.35. The van der Waals surface area contributed by atoms with Gasteiger partial charge in [-0.3, -0.25) is 4.79 Å². The standard InChI is InChI=1S/C37H28O2P/c38-37(29-13-5-1-6-14-29)30-21-23-31(24-22-30)39-32-25-27-36(28-26-32)40(33-15-7-2-8-16-33,34-17-9-3-10-18-34)35-19-11-4-12-20-35/h1-28H/q+1. The highest BCUT2D eigenvalue weighted by molar-refractivity contribution is 8.01. The fraction of sp³-hybridized carbons (Fsp3) is 0. The average molecular weight is 536 g/mol. The van der Waals surface area contributed by atoms with Crippen molar-refractivity contribution >= 4 is 34.3 Å². The fourth-order valence-corrected chi connectivity index (χ4v) is 9.40. The normalized spacial score (nSPS) is 11.1. The van der Waals surface area contributed by atoms with E-state index in [1.165, 1.54) is 21.2 Å². The third kappa shape index (κ3) is 4.98. The second-order valence-electron chi connectivity index (χ2n) is 9.49. The molecule has 2 nitrogen and oxygen atoms in total. The lowest BCUT2D eigenvalue weighted by Gasteiger charge is -2.27. The summed E-state index contributed by atoms with van der Waals surface area (Å²) in [5.41, 5.74) is 1.31. The summed E-state index contributed by atoms with van der Waals surface area (Å²) in [5, 5.41) is 5.17. The van der Waals surface area contributed by atoms with Gasteiger partial charge in [-0.25, -0.2) is 0 Å². The lowest BCUT2D eigenvalue weighted by molar-refractivity contribution is 0.103. The van der Waals surface area contributed by atoms with Crippen molar-refractivity contribution in [3.63, 3.8) is 0 Å². The Labute approximate surface area is 235 Å². The van der Waals surface area contributed by atoms with Crippen LogP contribution in [0.2, 0.25) is 0 Å². The number of carbonyl (C=O) groups is 1. The maximum atomic E-state index is 12.8. The Morgan fingerprint density at radius 1 is 0.375 bits per heavy atom. The molecular weight excluding hydrogens is 507 g/mol. The molecule has 0 heterocycles. The molecule has 0 aliphatic heterocycles. The van der Waals surface area contributed by atoms with Crippen LogP contribution in [-0.2, 0) is 0 Å². The highest BCUT2D eigenvalue weighted by atomic mass is 31.2. The molecule has 192 valence electrons. The Bertz CT molecular complexity index is 1590. The van der Waals surface area contributed by atoms with E-state index in [0.717, 1.165) is 5.75 Å². The largest absolute Gasteiger partial charge is 0.457 e. The van der Waals surface area contributed by atoms with E-state index in [0.29, 0.717) is 16.9 Å². The van der Waals surface area contributed by atoms with E-state index in [9.17, 15) is 4.79 Å². The van der Waals surface area contributed by atoms with Crippen molar-refractivity contribution in [1.82, 2.24) is 0 Å². The third-order valence-corrected chi connectivity index (χ3v) is 11.3. The molecule has 6 aromatic carbocycles. The smallest absolute Gasteiger partial charge is 0.193 e. The summed E-state index contributed by atoms with van der Waals surface area (Å²) in [6.07, 6.45) is 0. The van der Waals surface area contributed by atoms with Gasteiger partial charge in [-0.1, -0.05) is 84.9 Å². The molecule has 0 spiro atoms. The molecule has 0 N–H and O–H groups in total. The van der Waals surface area contributed by atoms with Crippen LogP contribution in [0.15, 0.2) is 170 Å². The number of ether oxygens (including phenoxy) is 1. The summed E-state index contributed by atoms with van der Waals surface area (Å²) in [5.74, 6) is 1.44. The Balaban J connectivity index is 1.35. The minimum atomic E-state index is -2.15. The zero-order valence-electron chi connectivity index (χ0n) is 21.9. The molecule has 40 heavy (non-hydrogen) atoms. The van der Waals surface area contributed by atoms with Gasteiger partial charge in [0.1, 0.15) is 40.0 Å². The second-order valence-corrected chi connectivity index (χ2v) is 12.9. The van der Waals surface area contributed by atoms with E-state index in [1.54, 1.807) is 0 Å². The van der Waals surface area contributed by atoms with Crippen LogP contribution in [0, 0.1) is 0 Å². The first-order valence-electron chi connectivity index (χ1n) is 13.3. The van der Waals surface area contributed by atoms with Crippen molar-refractivity contribution < 1.29 is 9.53 Å². The van der Waals surface area contributed by atoms with Crippen molar-refractivity contribution in [1.29, 1.82) is 0 Å². The molecule has 0 saturated carbocycles. The molecule has 0 bridgehead atoms. The van der Waals surface area contributed by atoms with E-state index in [-0.39, 0.29) is 5.78 Å². The molecule has 0 aliphatic rings. The van der Waals surface area contributed by atoms with Crippen molar-refractivity contribution in [3.8, 4) is 11.5 Å². The van der Waals surface area contributed by atoms with Gasteiger partial charge in [0.15, 0.2) is 5.78 Å². The Morgan fingerprint density at radius 3 is 1.12 bits per heavy atom. The van der Waals surface area contributed by atoms with Gasteiger partial charge in [0.05, 0.1) is 0 Å². The van der Waals surface area contributed by atoms with Crippen LogP contribution in [0.1, 0.15) is 15.9 Å². The minimum absolute atomic E-state index is 0.000421. The highest BCUT2D eigenvalue weighted by Crippen LogP contribution is 2.54. The molecule has 6 aromatic rings. The maximum absolute atomic E-state index is 12.8. The monoisotopic (exact) mass is 535 g/mol. The molecule has 0 amide bonds. The number of hydrogen-bond acceptors (Lipinski definition) is 2. The van der Waals surface area contributed by atoms with Crippen LogP contribution in [0.3, 0.4) is 0 Å². The molecule has 0 aromatic heterocycles.